The minimum absolute atomic E-state index is 0.0321. The van der Waals surface area contributed by atoms with Crippen LogP contribution in [-0.4, -0.2) is 27.4 Å². The Balaban J connectivity index is 1.59. The van der Waals surface area contributed by atoms with Crippen LogP contribution in [0.5, 0.6) is 0 Å². The van der Waals surface area contributed by atoms with Gasteiger partial charge in [-0.3, -0.25) is 9.59 Å². The fourth-order valence-corrected chi connectivity index (χ4v) is 4.94. The number of benzene rings is 2. The molecular formula is C27H32Cl2FN5O2. The van der Waals surface area contributed by atoms with Crippen molar-refractivity contribution in [1.29, 1.82) is 0 Å². The lowest BCUT2D eigenvalue weighted by atomic mass is 9.95. The molecule has 3 N–H and O–H groups in total. The van der Waals surface area contributed by atoms with Crippen molar-refractivity contribution in [3.63, 3.8) is 0 Å². The predicted molar refractivity (Wildman–Crippen MR) is 146 cm³/mol. The number of halogens is 3. The first kappa shape index (κ1) is 27.2. The fourth-order valence-electron chi connectivity index (χ4n) is 4.41. The Labute approximate surface area is 226 Å². The van der Waals surface area contributed by atoms with Crippen molar-refractivity contribution < 1.29 is 14.0 Å². The standard InChI is InChI=1S/C27H32Cl2FN5O2/c1-27(2,3)25(37)31-14-15-10-11-18(28)23(22(15)29)34-26-33-20-12-17(19(30)13-21(20)35(26)4)24(36)32-16-8-6-5-7-9-16/h10-13,16H,5-9,14H2,1-4H3,(H,31,37)(H,32,36)(H,33,34). The quantitative estimate of drug-likeness (QED) is 0.329. The Kier molecular flexibility index (Phi) is 7.99. The number of hydrogen-bond donors (Lipinski definition) is 3. The first-order chi connectivity index (χ1) is 17.5. The Bertz CT molecular complexity index is 1340. The van der Waals surface area contributed by atoms with Crippen molar-refractivity contribution in [1.82, 2.24) is 20.2 Å². The number of imidazole rings is 1. The van der Waals surface area contributed by atoms with Crippen LogP contribution in [0.3, 0.4) is 0 Å². The van der Waals surface area contributed by atoms with E-state index >= 15 is 0 Å². The molecular weight excluding hydrogens is 516 g/mol. The number of fused-ring (bicyclic) bond motifs is 1. The Morgan fingerprint density at radius 3 is 2.51 bits per heavy atom. The molecule has 1 aromatic heterocycles. The number of carbonyl (C=O) groups is 2. The third-order valence-electron chi connectivity index (χ3n) is 6.68. The van der Waals surface area contributed by atoms with E-state index < -0.39 is 17.1 Å². The molecule has 2 amide bonds. The van der Waals surface area contributed by atoms with Crippen molar-refractivity contribution >= 4 is 57.7 Å². The molecule has 2 aromatic carbocycles. The third-order valence-corrected chi connectivity index (χ3v) is 7.43. The summed E-state index contributed by atoms with van der Waals surface area (Å²) in [5.41, 5.74) is 1.50. The summed E-state index contributed by atoms with van der Waals surface area (Å²) in [5, 5.41) is 9.68. The van der Waals surface area contributed by atoms with E-state index in [9.17, 15) is 14.0 Å². The van der Waals surface area contributed by atoms with Crippen molar-refractivity contribution in [3.05, 3.63) is 51.3 Å². The number of nitrogens with zero attached hydrogens (tertiary/aromatic N) is 2. The smallest absolute Gasteiger partial charge is 0.254 e. The van der Waals surface area contributed by atoms with E-state index in [-0.39, 0.29) is 24.1 Å². The van der Waals surface area contributed by atoms with E-state index in [2.05, 4.69) is 20.9 Å². The Morgan fingerprint density at radius 2 is 1.84 bits per heavy atom. The molecule has 0 spiro atoms. The van der Waals surface area contributed by atoms with E-state index in [4.69, 9.17) is 23.2 Å². The second kappa shape index (κ2) is 10.9. The van der Waals surface area contributed by atoms with Gasteiger partial charge in [-0.2, -0.15) is 0 Å². The van der Waals surface area contributed by atoms with Gasteiger partial charge >= 0.3 is 0 Å². The maximum atomic E-state index is 15.0. The van der Waals surface area contributed by atoms with Crippen LogP contribution in [0.4, 0.5) is 16.0 Å². The van der Waals surface area contributed by atoms with Gasteiger partial charge in [0, 0.05) is 31.1 Å². The average Bonchev–Trinajstić information content (AvgIpc) is 3.14. The molecule has 1 aliphatic carbocycles. The van der Waals surface area contributed by atoms with Crippen LogP contribution in [-0.2, 0) is 18.4 Å². The predicted octanol–water partition coefficient (Wildman–Crippen LogP) is 6.49. The van der Waals surface area contributed by atoms with Crippen molar-refractivity contribution in [3.8, 4) is 0 Å². The monoisotopic (exact) mass is 547 g/mol. The molecule has 1 saturated carbocycles. The van der Waals surface area contributed by atoms with Gasteiger partial charge in [0.15, 0.2) is 0 Å². The van der Waals surface area contributed by atoms with E-state index in [0.29, 0.717) is 38.3 Å². The third kappa shape index (κ3) is 6.02. The van der Waals surface area contributed by atoms with Gasteiger partial charge in [0.1, 0.15) is 5.82 Å². The number of hydrogen-bond acceptors (Lipinski definition) is 4. The molecule has 198 valence electrons. The van der Waals surface area contributed by atoms with Crippen LogP contribution in [0.2, 0.25) is 10.0 Å². The van der Waals surface area contributed by atoms with Gasteiger partial charge in [-0.15, -0.1) is 0 Å². The molecule has 3 aromatic rings. The molecule has 4 rings (SSSR count). The molecule has 0 radical (unpaired) electrons. The molecule has 0 atom stereocenters. The highest BCUT2D eigenvalue weighted by molar-refractivity contribution is 6.39. The molecule has 1 heterocycles. The van der Waals surface area contributed by atoms with Gasteiger partial charge in [0.05, 0.1) is 32.3 Å². The number of anilines is 2. The number of aromatic nitrogens is 2. The van der Waals surface area contributed by atoms with Gasteiger partial charge in [0.2, 0.25) is 11.9 Å². The summed E-state index contributed by atoms with van der Waals surface area (Å²) < 4.78 is 16.6. The van der Waals surface area contributed by atoms with E-state index in [0.717, 1.165) is 25.7 Å². The lowest BCUT2D eigenvalue weighted by Gasteiger charge is -2.22. The summed E-state index contributed by atoms with van der Waals surface area (Å²) in [6.07, 6.45) is 5.12. The normalized spacial score (nSPS) is 14.6. The summed E-state index contributed by atoms with van der Waals surface area (Å²) in [5.74, 6) is -0.766. The van der Waals surface area contributed by atoms with Crippen LogP contribution in [0.1, 0.15) is 68.8 Å². The van der Waals surface area contributed by atoms with Crippen molar-refractivity contribution in [2.75, 3.05) is 5.32 Å². The van der Waals surface area contributed by atoms with Gasteiger partial charge < -0.3 is 20.5 Å². The number of carbonyl (C=O) groups excluding carboxylic acids is 2. The summed E-state index contributed by atoms with van der Waals surface area (Å²) >= 11 is 13.1. The SMILES string of the molecule is Cn1c(Nc2c(Cl)ccc(CNC(=O)C(C)(C)C)c2Cl)nc2cc(C(=O)NC3CCCCC3)c(F)cc21. The zero-order chi connectivity index (χ0) is 26.9. The highest BCUT2D eigenvalue weighted by atomic mass is 35.5. The molecule has 0 unspecified atom stereocenters. The van der Waals surface area contributed by atoms with Crippen molar-refractivity contribution in [2.24, 2.45) is 12.5 Å². The lowest BCUT2D eigenvalue weighted by Crippen LogP contribution is -2.36. The maximum Gasteiger partial charge on any atom is 0.254 e. The molecule has 1 fully saturated rings. The summed E-state index contributed by atoms with van der Waals surface area (Å²) in [6.45, 7) is 5.73. The van der Waals surface area contributed by atoms with E-state index in [1.165, 1.54) is 18.6 Å². The Morgan fingerprint density at radius 1 is 1.14 bits per heavy atom. The van der Waals surface area contributed by atoms with Crippen LogP contribution in [0.25, 0.3) is 11.0 Å². The molecule has 1 aliphatic rings. The highest BCUT2D eigenvalue weighted by Gasteiger charge is 2.23. The zero-order valence-electron chi connectivity index (χ0n) is 21.5. The second-order valence-electron chi connectivity index (χ2n) is 10.6. The summed E-state index contributed by atoms with van der Waals surface area (Å²) in [4.78, 5) is 29.6. The Hall–Kier alpha value is -2.84. The number of nitrogens with one attached hydrogen (secondary N) is 3. The average molecular weight is 548 g/mol. The van der Waals surface area contributed by atoms with Gasteiger partial charge in [-0.1, -0.05) is 69.3 Å². The minimum atomic E-state index is -0.608. The number of amides is 2. The van der Waals surface area contributed by atoms with Gasteiger partial charge in [-0.25, -0.2) is 9.37 Å². The summed E-state index contributed by atoms with van der Waals surface area (Å²) in [6, 6.07) is 6.28. The highest BCUT2D eigenvalue weighted by Crippen LogP contribution is 2.36. The fraction of sp³-hybridized carbons (Fsp3) is 0.444. The first-order valence-electron chi connectivity index (χ1n) is 12.4. The van der Waals surface area contributed by atoms with Crippen LogP contribution in [0, 0.1) is 11.2 Å². The summed E-state index contributed by atoms with van der Waals surface area (Å²) in [7, 11) is 1.73. The van der Waals surface area contributed by atoms with Crippen LogP contribution >= 0.6 is 23.2 Å². The number of aryl methyl sites for hydroxylation is 1. The largest absolute Gasteiger partial charge is 0.352 e. The lowest BCUT2D eigenvalue weighted by molar-refractivity contribution is -0.128. The topological polar surface area (TPSA) is 88.1 Å². The molecule has 7 nitrogen and oxygen atoms in total. The molecule has 0 aliphatic heterocycles. The first-order valence-corrected chi connectivity index (χ1v) is 13.2. The molecule has 10 heteroatoms. The zero-order valence-corrected chi connectivity index (χ0v) is 23.0. The van der Waals surface area contributed by atoms with E-state index in [1.54, 1.807) is 23.7 Å². The van der Waals surface area contributed by atoms with Crippen LogP contribution in [0.15, 0.2) is 24.3 Å². The van der Waals surface area contributed by atoms with Gasteiger partial charge in [-0.05, 0) is 30.5 Å². The van der Waals surface area contributed by atoms with Crippen LogP contribution < -0.4 is 16.0 Å². The number of rotatable bonds is 6. The molecule has 0 saturated heterocycles. The maximum absolute atomic E-state index is 15.0. The van der Waals surface area contributed by atoms with Gasteiger partial charge in [0.25, 0.3) is 5.91 Å². The molecule has 37 heavy (non-hydrogen) atoms. The van der Waals surface area contributed by atoms with Crippen molar-refractivity contribution in [2.45, 2.75) is 65.5 Å². The molecule has 0 bridgehead atoms. The minimum Gasteiger partial charge on any atom is -0.352 e. The second-order valence-corrected chi connectivity index (χ2v) is 11.4. The van der Waals surface area contributed by atoms with E-state index in [1.807, 2.05) is 20.8 Å².